The first kappa shape index (κ1) is 18.7. The van der Waals surface area contributed by atoms with E-state index in [0.717, 1.165) is 38.1 Å². The van der Waals surface area contributed by atoms with Crippen molar-refractivity contribution in [3.05, 3.63) is 48.0 Å². The largest absolute Gasteiger partial charge is 0.336 e. The fraction of sp³-hybridized carbons (Fsp3) is 0.300. The van der Waals surface area contributed by atoms with E-state index in [9.17, 15) is 8.42 Å². The third-order valence-electron chi connectivity index (χ3n) is 5.32. The number of aryl methyl sites for hydroxylation is 2. The number of rotatable bonds is 4. The Kier molecular flexibility index (Phi) is 4.50. The zero-order valence-electron chi connectivity index (χ0n) is 16.4. The van der Waals surface area contributed by atoms with Crippen molar-refractivity contribution in [2.75, 3.05) is 4.72 Å². The lowest BCUT2D eigenvalue weighted by Crippen LogP contribution is -2.14. The molecular formula is C20H20N6O3S. The molecule has 4 heterocycles. The van der Waals surface area contributed by atoms with E-state index in [-0.39, 0.29) is 4.90 Å². The minimum absolute atomic E-state index is 0.0381. The summed E-state index contributed by atoms with van der Waals surface area (Å²) >= 11 is 0. The Hall–Kier alpha value is -3.27. The number of nitrogens with zero attached hydrogens (tertiary/aromatic N) is 5. The Labute approximate surface area is 173 Å². The van der Waals surface area contributed by atoms with Crippen molar-refractivity contribution in [3.63, 3.8) is 0 Å². The van der Waals surface area contributed by atoms with Crippen LogP contribution in [0.3, 0.4) is 0 Å². The van der Waals surface area contributed by atoms with Gasteiger partial charge < -0.3 is 9.09 Å². The van der Waals surface area contributed by atoms with E-state index in [1.54, 1.807) is 19.1 Å². The normalized spacial score (nSPS) is 14.4. The topological polar surface area (TPSA) is 116 Å². The minimum atomic E-state index is -3.88. The number of benzene rings is 1. The summed E-state index contributed by atoms with van der Waals surface area (Å²) in [6.07, 6.45) is 5.43. The van der Waals surface area contributed by atoms with Crippen molar-refractivity contribution in [2.24, 2.45) is 0 Å². The molecule has 1 N–H and O–H groups in total. The van der Waals surface area contributed by atoms with Crippen LogP contribution in [0.25, 0.3) is 22.5 Å². The summed E-state index contributed by atoms with van der Waals surface area (Å²) in [7, 11) is -3.88. The predicted octanol–water partition coefficient (Wildman–Crippen LogP) is 3.32. The van der Waals surface area contributed by atoms with Crippen LogP contribution in [0.5, 0.6) is 0 Å². The van der Waals surface area contributed by atoms with E-state index in [0.29, 0.717) is 33.9 Å². The van der Waals surface area contributed by atoms with E-state index >= 15 is 0 Å². The van der Waals surface area contributed by atoms with Crippen LogP contribution >= 0.6 is 0 Å². The fourth-order valence-corrected chi connectivity index (χ4v) is 4.78. The second kappa shape index (κ2) is 7.21. The van der Waals surface area contributed by atoms with Gasteiger partial charge in [0, 0.05) is 18.5 Å². The summed E-state index contributed by atoms with van der Waals surface area (Å²) in [4.78, 5) is 4.11. The molecule has 1 aromatic carbocycles. The summed E-state index contributed by atoms with van der Waals surface area (Å²) < 4.78 is 36.1. The standard InChI is InChI=1S/C20H20N6O3S/c1-13-16-11-14(12-21-20(16)29-24-13)30(27,28)25-17-8-5-4-7-15(17)19-23-22-18-9-3-2-6-10-26(18)19/h4-5,7-8,11-12,25H,2-3,6,9-10H2,1H3. The molecule has 1 aliphatic rings. The molecule has 9 nitrogen and oxygen atoms in total. The number of hydrogen-bond acceptors (Lipinski definition) is 7. The molecule has 0 spiro atoms. The van der Waals surface area contributed by atoms with Crippen molar-refractivity contribution >= 4 is 26.8 Å². The van der Waals surface area contributed by atoms with E-state index in [1.165, 1.54) is 12.3 Å². The molecule has 5 rings (SSSR count). The third kappa shape index (κ3) is 3.22. The van der Waals surface area contributed by atoms with Gasteiger partial charge in [-0.1, -0.05) is 23.7 Å². The molecule has 0 saturated carbocycles. The maximum atomic E-state index is 13.1. The van der Waals surface area contributed by atoms with Crippen molar-refractivity contribution in [1.82, 2.24) is 24.9 Å². The van der Waals surface area contributed by atoms with Crippen molar-refractivity contribution in [3.8, 4) is 11.4 Å². The Morgan fingerprint density at radius 2 is 2.00 bits per heavy atom. The third-order valence-corrected chi connectivity index (χ3v) is 6.65. The Morgan fingerprint density at radius 1 is 1.13 bits per heavy atom. The first-order chi connectivity index (χ1) is 14.5. The van der Waals surface area contributed by atoms with Gasteiger partial charge in [0.25, 0.3) is 15.7 Å². The number of aromatic nitrogens is 5. The molecule has 0 amide bonds. The van der Waals surface area contributed by atoms with Gasteiger partial charge in [0.15, 0.2) is 5.82 Å². The van der Waals surface area contributed by atoms with Gasteiger partial charge in [-0.25, -0.2) is 13.4 Å². The summed E-state index contributed by atoms with van der Waals surface area (Å²) in [5.41, 5.74) is 2.02. The van der Waals surface area contributed by atoms with Crippen LogP contribution in [-0.4, -0.2) is 33.3 Å². The average molecular weight is 424 g/mol. The molecule has 0 saturated heterocycles. The van der Waals surface area contributed by atoms with Gasteiger partial charge in [0.05, 0.1) is 23.0 Å². The molecule has 0 atom stereocenters. The zero-order valence-corrected chi connectivity index (χ0v) is 17.2. The molecular weight excluding hydrogens is 404 g/mol. The Balaban J connectivity index is 1.54. The van der Waals surface area contributed by atoms with Gasteiger partial charge in [-0.3, -0.25) is 4.72 Å². The molecule has 154 valence electrons. The summed E-state index contributed by atoms with van der Waals surface area (Å²) in [6, 6.07) is 8.74. The molecule has 0 aliphatic carbocycles. The monoisotopic (exact) mass is 424 g/mol. The quantitative estimate of drug-likeness (QED) is 0.534. The molecule has 4 aromatic rings. The van der Waals surface area contributed by atoms with Crippen molar-refractivity contribution < 1.29 is 12.9 Å². The molecule has 0 radical (unpaired) electrons. The highest BCUT2D eigenvalue weighted by atomic mass is 32.2. The van der Waals surface area contributed by atoms with Crippen LogP contribution in [0.4, 0.5) is 5.69 Å². The van der Waals surface area contributed by atoms with Crippen molar-refractivity contribution in [1.29, 1.82) is 0 Å². The fourth-order valence-electron chi connectivity index (χ4n) is 3.73. The smallest absolute Gasteiger partial charge is 0.263 e. The second-order valence-corrected chi connectivity index (χ2v) is 9.03. The maximum absolute atomic E-state index is 13.1. The maximum Gasteiger partial charge on any atom is 0.263 e. The number of nitrogens with one attached hydrogen (secondary N) is 1. The Morgan fingerprint density at radius 3 is 2.90 bits per heavy atom. The van der Waals surface area contributed by atoms with Crippen LogP contribution in [0.15, 0.2) is 45.9 Å². The first-order valence-corrected chi connectivity index (χ1v) is 11.3. The molecule has 3 aromatic heterocycles. The molecule has 0 unspecified atom stereocenters. The SMILES string of the molecule is Cc1noc2ncc(S(=O)(=O)Nc3ccccc3-c3nnc4n3CCCCC4)cc12. The average Bonchev–Trinajstić information content (AvgIpc) is 3.23. The summed E-state index contributed by atoms with van der Waals surface area (Å²) in [5, 5.41) is 13.1. The predicted molar refractivity (Wildman–Crippen MR) is 110 cm³/mol. The van der Waals surface area contributed by atoms with Gasteiger partial charge in [-0.15, -0.1) is 10.2 Å². The van der Waals surface area contributed by atoms with Crippen LogP contribution in [-0.2, 0) is 23.0 Å². The molecule has 10 heteroatoms. The molecule has 0 fully saturated rings. The highest BCUT2D eigenvalue weighted by molar-refractivity contribution is 7.92. The van der Waals surface area contributed by atoms with Crippen LogP contribution in [0.2, 0.25) is 0 Å². The number of para-hydroxylation sites is 1. The van der Waals surface area contributed by atoms with E-state index in [1.807, 2.05) is 12.1 Å². The zero-order chi connectivity index (χ0) is 20.7. The number of fused-ring (bicyclic) bond motifs is 2. The van der Waals surface area contributed by atoms with Gasteiger partial charge in [-0.2, -0.15) is 0 Å². The second-order valence-electron chi connectivity index (χ2n) is 7.34. The molecule has 30 heavy (non-hydrogen) atoms. The molecule has 0 bridgehead atoms. The Bertz CT molecular complexity index is 1340. The van der Waals surface area contributed by atoms with E-state index < -0.39 is 10.0 Å². The van der Waals surface area contributed by atoms with Gasteiger partial charge in [0.2, 0.25) is 0 Å². The number of pyridine rings is 1. The lowest BCUT2D eigenvalue weighted by molar-refractivity contribution is 0.442. The van der Waals surface area contributed by atoms with E-state index in [4.69, 9.17) is 4.52 Å². The van der Waals surface area contributed by atoms with Gasteiger partial charge >= 0.3 is 0 Å². The van der Waals surface area contributed by atoms with E-state index in [2.05, 4.69) is 29.6 Å². The highest BCUT2D eigenvalue weighted by Crippen LogP contribution is 2.31. The highest BCUT2D eigenvalue weighted by Gasteiger charge is 2.22. The summed E-state index contributed by atoms with van der Waals surface area (Å²) in [6.45, 7) is 2.57. The number of hydrogen-bond donors (Lipinski definition) is 1. The van der Waals surface area contributed by atoms with Crippen molar-refractivity contribution in [2.45, 2.75) is 44.0 Å². The van der Waals surface area contributed by atoms with Crippen LogP contribution in [0.1, 0.15) is 30.8 Å². The van der Waals surface area contributed by atoms with Gasteiger partial charge in [0.1, 0.15) is 10.7 Å². The van der Waals surface area contributed by atoms with Gasteiger partial charge in [-0.05, 0) is 38.0 Å². The van der Waals surface area contributed by atoms with Crippen LogP contribution < -0.4 is 4.72 Å². The lowest BCUT2D eigenvalue weighted by atomic mass is 10.1. The summed E-state index contributed by atoms with van der Waals surface area (Å²) in [5.74, 6) is 1.62. The minimum Gasteiger partial charge on any atom is -0.336 e. The lowest BCUT2D eigenvalue weighted by Gasteiger charge is -2.13. The number of anilines is 1. The first-order valence-electron chi connectivity index (χ1n) is 9.79. The number of sulfonamides is 1. The molecule has 1 aliphatic heterocycles. The van der Waals surface area contributed by atoms with Crippen LogP contribution in [0, 0.1) is 6.92 Å².